The zero-order chi connectivity index (χ0) is 20.1. The van der Waals surface area contributed by atoms with E-state index in [0.29, 0.717) is 22.8 Å². The van der Waals surface area contributed by atoms with Crippen LogP contribution < -0.4 is 5.32 Å². The van der Waals surface area contributed by atoms with Crippen LogP contribution in [0.5, 0.6) is 0 Å². The standard InChI is InChI=1S/C18H18FN5O2S2/c1-23(11-15(25)20-13-5-2-4-12(19)10-13)16(26)7-8-24-17(21-22-18(24)27)14-6-3-9-28-14/h2-6,9-10H,7-8,11H2,1H3,(H,20,25)(H,22,27). The molecule has 0 aliphatic rings. The molecular weight excluding hydrogens is 401 g/mol. The largest absolute Gasteiger partial charge is 0.336 e. The summed E-state index contributed by atoms with van der Waals surface area (Å²) < 4.78 is 15.4. The predicted molar refractivity (Wildman–Crippen MR) is 108 cm³/mol. The van der Waals surface area contributed by atoms with Gasteiger partial charge in [0.25, 0.3) is 0 Å². The van der Waals surface area contributed by atoms with Gasteiger partial charge in [-0.05, 0) is 41.9 Å². The first-order chi connectivity index (χ1) is 13.4. The van der Waals surface area contributed by atoms with Crippen LogP contribution >= 0.6 is 23.6 Å². The number of rotatable bonds is 7. The fourth-order valence-electron chi connectivity index (χ4n) is 2.59. The van der Waals surface area contributed by atoms with Crippen molar-refractivity contribution < 1.29 is 14.0 Å². The minimum atomic E-state index is -0.444. The Morgan fingerprint density at radius 1 is 1.36 bits per heavy atom. The van der Waals surface area contributed by atoms with E-state index in [1.807, 2.05) is 17.5 Å². The van der Waals surface area contributed by atoms with Gasteiger partial charge in [0.1, 0.15) is 5.82 Å². The molecule has 2 N–H and O–H groups in total. The van der Waals surface area contributed by atoms with Crippen LogP contribution in [0, 0.1) is 10.6 Å². The van der Waals surface area contributed by atoms with Crippen molar-refractivity contribution in [2.45, 2.75) is 13.0 Å². The molecule has 0 saturated carbocycles. The van der Waals surface area contributed by atoms with Crippen LogP contribution in [0.2, 0.25) is 0 Å². The maximum Gasteiger partial charge on any atom is 0.243 e. The second kappa shape index (κ2) is 8.89. The van der Waals surface area contributed by atoms with E-state index in [9.17, 15) is 14.0 Å². The van der Waals surface area contributed by atoms with E-state index < -0.39 is 11.7 Å². The summed E-state index contributed by atoms with van der Waals surface area (Å²) in [5, 5.41) is 11.5. The zero-order valence-corrected chi connectivity index (χ0v) is 16.6. The quantitative estimate of drug-likeness (QED) is 0.576. The highest BCUT2D eigenvalue weighted by molar-refractivity contribution is 7.71. The number of aromatic nitrogens is 3. The molecular formula is C18H18FN5O2S2. The third-order valence-corrected chi connectivity index (χ3v) is 5.14. The fourth-order valence-corrected chi connectivity index (χ4v) is 3.53. The number of likely N-dealkylation sites (N-methyl/N-ethyl adjacent to an activating group) is 1. The Morgan fingerprint density at radius 3 is 2.89 bits per heavy atom. The monoisotopic (exact) mass is 419 g/mol. The number of H-pyrrole nitrogens is 1. The summed E-state index contributed by atoms with van der Waals surface area (Å²) in [5.41, 5.74) is 0.344. The number of carbonyl (C=O) groups is 2. The van der Waals surface area contributed by atoms with Crippen molar-refractivity contribution in [1.29, 1.82) is 0 Å². The molecule has 0 bridgehead atoms. The molecule has 2 heterocycles. The van der Waals surface area contributed by atoms with Gasteiger partial charge in [-0.3, -0.25) is 19.3 Å². The maximum absolute atomic E-state index is 13.2. The van der Waals surface area contributed by atoms with Crippen LogP contribution in [0.1, 0.15) is 6.42 Å². The molecule has 0 atom stereocenters. The van der Waals surface area contributed by atoms with Gasteiger partial charge in [-0.1, -0.05) is 12.1 Å². The van der Waals surface area contributed by atoms with Crippen molar-refractivity contribution in [2.24, 2.45) is 0 Å². The lowest BCUT2D eigenvalue weighted by Gasteiger charge is -2.17. The van der Waals surface area contributed by atoms with Crippen LogP contribution in [0.25, 0.3) is 10.7 Å². The van der Waals surface area contributed by atoms with E-state index in [1.165, 1.54) is 34.4 Å². The van der Waals surface area contributed by atoms with E-state index in [1.54, 1.807) is 17.7 Å². The van der Waals surface area contributed by atoms with E-state index in [2.05, 4.69) is 15.5 Å². The van der Waals surface area contributed by atoms with Crippen molar-refractivity contribution in [3.05, 3.63) is 52.4 Å². The summed E-state index contributed by atoms with van der Waals surface area (Å²) >= 11 is 6.78. The molecule has 0 unspecified atom stereocenters. The number of nitrogens with one attached hydrogen (secondary N) is 2. The molecule has 7 nitrogen and oxygen atoms in total. The van der Waals surface area contributed by atoms with Crippen molar-refractivity contribution >= 4 is 41.1 Å². The van der Waals surface area contributed by atoms with Gasteiger partial charge < -0.3 is 10.2 Å². The van der Waals surface area contributed by atoms with Gasteiger partial charge >= 0.3 is 0 Å². The third-order valence-electron chi connectivity index (χ3n) is 3.96. The summed E-state index contributed by atoms with van der Waals surface area (Å²) in [6, 6.07) is 9.42. The lowest BCUT2D eigenvalue weighted by atomic mass is 10.3. The van der Waals surface area contributed by atoms with Crippen molar-refractivity contribution in [1.82, 2.24) is 19.7 Å². The average molecular weight is 420 g/mol. The zero-order valence-electron chi connectivity index (χ0n) is 15.0. The number of hydrogen-bond acceptors (Lipinski definition) is 5. The Kier molecular flexibility index (Phi) is 6.32. The SMILES string of the molecule is CN(CC(=O)Nc1cccc(F)c1)C(=O)CCn1c(-c2cccs2)n[nH]c1=S. The van der Waals surface area contributed by atoms with Crippen molar-refractivity contribution in [3.8, 4) is 10.7 Å². The van der Waals surface area contributed by atoms with E-state index in [0.717, 1.165) is 4.88 Å². The molecule has 3 aromatic rings. The van der Waals surface area contributed by atoms with Gasteiger partial charge in [-0.15, -0.1) is 11.3 Å². The van der Waals surface area contributed by atoms with Crippen LogP contribution in [0.4, 0.5) is 10.1 Å². The average Bonchev–Trinajstić information content (AvgIpc) is 3.29. The van der Waals surface area contributed by atoms with Gasteiger partial charge in [0, 0.05) is 25.7 Å². The Hall–Kier alpha value is -2.85. The summed E-state index contributed by atoms with van der Waals surface area (Å²) in [7, 11) is 1.54. The number of halogens is 1. The first-order valence-electron chi connectivity index (χ1n) is 8.42. The molecule has 0 saturated heterocycles. The van der Waals surface area contributed by atoms with Gasteiger partial charge in [-0.25, -0.2) is 4.39 Å². The highest BCUT2D eigenvalue weighted by atomic mass is 32.1. The molecule has 0 radical (unpaired) electrons. The smallest absolute Gasteiger partial charge is 0.243 e. The van der Waals surface area contributed by atoms with Crippen LogP contribution in [-0.2, 0) is 16.1 Å². The minimum Gasteiger partial charge on any atom is -0.336 e. The number of hydrogen-bond donors (Lipinski definition) is 2. The van der Waals surface area contributed by atoms with Gasteiger partial charge in [0.15, 0.2) is 10.6 Å². The molecule has 2 aromatic heterocycles. The van der Waals surface area contributed by atoms with E-state index in [4.69, 9.17) is 12.2 Å². The van der Waals surface area contributed by atoms with Crippen molar-refractivity contribution in [2.75, 3.05) is 18.9 Å². The lowest BCUT2D eigenvalue weighted by Crippen LogP contribution is -2.35. The van der Waals surface area contributed by atoms with Crippen LogP contribution in [0.3, 0.4) is 0 Å². The summed E-state index contributed by atoms with van der Waals surface area (Å²) in [5.74, 6) is -0.379. The highest BCUT2D eigenvalue weighted by Gasteiger charge is 2.16. The third kappa shape index (κ3) is 4.90. The number of carbonyl (C=O) groups excluding carboxylic acids is 2. The molecule has 0 aliphatic heterocycles. The van der Waals surface area contributed by atoms with E-state index in [-0.39, 0.29) is 18.9 Å². The normalized spacial score (nSPS) is 10.6. The molecule has 3 rings (SSSR count). The predicted octanol–water partition coefficient (Wildman–Crippen LogP) is 3.30. The molecule has 0 fully saturated rings. The van der Waals surface area contributed by atoms with E-state index >= 15 is 0 Å². The maximum atomic E-state index is 13.2. The number of amides is 2. The first kappa shape index (κ1) is 19.9. The second-order valence-corrected chi connectivity index (χ2v) is 7.37. The summed E-state index contributed by atoms with van der Waals surface area (Å²) in [4.78, 5) is 26.7. The van der Waals surface area contributed by atoms with Crippen LogP contribution in [0.15, 0.2) is 41.8 Å². The Labute approximate surface area is 169 Å². The number of benzene rings is 1. The Balaban J connectivity index is 1.56. The van der Waals surface area contributed by atoms with Gasteiger partial charge in [0.2, 0.25) is 11.8 Å². The molecule has 0 aliphatic carbocycles. The van der Waals surface area contributed by atoms with Crippen LogP contribution in [-0.4, -0.2) is 45.1 Å². The fraction of sp³-hybridized carbons (Fsp3) is 0.222. The first-order valence-corrected chi connectivity index (χ1v) is 9.71. The van der Waals surface area contributed by atoms with Gasteiger partial charge in [0.05, 0.1) is 11.4 Å². The topological polar surface area (TPSA) is 83.0 Å². The lowest BCUT2D eigenvalue weighted by molar-refractivity contribution is -0.133. The molecule has 2 amide bonds. The molecule has 10 heteroatoms. The Morgan fingerprint density at radius 2 is 2.18 bits per heavy atom. The number of nitrogens with zero attached hydrogens (tertiary/aromatic N) is 3. The molecule has 1 aromatic carbocycles. The molecule has 146 valence electrons. The van der Waals surface area contributed by atoms with Crippen molar-refractivity contribution in [3.63, 3.8) is 0 Å². The number of aromatic amines is 1. The highest BCUT2D eigenvalue weighted by Crippen LogP contribution is 2.23. The summed E-state index contributed by atoms with van der Waals surface area (Å²) in [6.07, 6.45) is 0.163. The molecule has 28 heavy (non-hydrogen) atoms. The Bertz CT molecular complexity index is 1030. The number of anilines is 1. The molecule has 0 spiro atoms. The second-order valence-electron chi connectivity index (χ2n) is 6.04. The minimum absolute atomic E-state index is 0.135. The summed E-state index contributed by atoms with van der Waals surface area (Å²) in [6.45, 7) is 0.209. The van der Waals surface area contributed by atoms with Gasteiger partial charge in [-0.2, -0.15) is 5.10 Å². The number of thiophene rings is 1.